The molecule has 1 amide bonds. The topological polar surface area (TPSA) is 69.7 Å². The van der Waals surface area contributed by atoms with Crippen molar-refractivity contribution in [1.82, 2.24) is 10.2 Å². The molecule has 0 saturated carbocycles. The summed E-state index contributed by atoms with van der Waals surface area (Å²) in [7, 11) is -3.22. The highest BCUT2D eigenvalue weighted by molar-refractivity contribution is 7.93. The molecular formula is C19H29N3O3S. The van der Waals surface area contributed by atoms with Crippen molar-refractivity contribution in [1.29, 1.82) is 0 Å². The number of carbonyl (C=O) groups excluding carboxylic acids is 1. The molecule has 6 nitrogen and oxygen atoms in total. The molecule has 1 aromatic rings. The maximum atomic E-state index is 12.4. The van der Waals surface area contributed by atoms with E-state index in [2.05, 4.69) is 10.2 Å². The molecule has 2 heterocycles. The molecule has 0 aromatic heterocycles. The number of sulfonamides is 1. The van der Waals surface area contributed by atoms with Crippen LogP contribution in [0.15, 0.2) is 24.3 Å². The molecule has 144 valence electrons. The molecule has 0 spiro atoms. The van der Waals surface area contributed by atoms with E-state index in [0.717, 1.165) is 13.0 Å². The minimum Gasteiger partial charge on any atom is -0.352 e. The number of nitrogens with zero attached hydrogens (tertiary/aromatic N) is 2. The summed E-state index contributed by atoms with van der Waals surface area (Å²) in [5, 5.41) is 2.96. The highest BCUT2D eigenvalue weighted by Crippen LogP contribution is 2.24. The fourth-order valence-corrected chi connectivity index (χ4v) is 5.25. The maximum absolute atomic E-state index is 12.4. The van der Waals surface area contributed by atoms with Crippen LogP contribution >= 0.6 is 0 Å². The summed E-state index contributed by atoms with van der Waals surface area (Å²) in [4.78, 5) is 14.9. The van der Waals surface area contributed by atoms with Crippen LogP contribution in [0.25, 0.3) is 0 Å². The van der Waals surface area contributed by atoms with Gasteiger partial charge in [-0.25, -0.2) is 8.42 Å². The third-order valence-corrected chi connectivity index (χ3v) is 7.00. The van der Waals surface area contributed by atoms with Gasteiger partial charge in [0.1, 0.15) is 0 Å². The third-order valence-electron chi connectivity index (χ3n) is 5.13. The predicted molar refractivity (Wildman–Crippen MR) is 104 cm³/mol. The number of rotatable bonds is 6. The van der Waals surface area contributed by atoms with Gasteiger partial charge in [0, 0.05) is 18.7 Å². The highest BCUT2D eigenvalue weighted by Gasteiger charge is 2.28. The predicted octanol–water partition coefficient (Wildman–Crippen LogP) is 2.22. The van der Waals surface area contributed by atoms with Gasteiger partial charge in [-0.3, -0.25) is 9.10 Å². The Kier molecular flexibility index (Phi) is 6.53. The summed E-state index contributed by atoms with van der Waals surface area (Å²) < 4.78 is 25.5. The Morgan fingerprint density at radius 3 is 2.50 bits per heavy atom. The minimum absolute atomic E-state index is 0.140. The molecular weight excluding hydrogens is 350 g/mol. The van der Waals surface area contributed by atoms with E-state index in [1.807, 2.05) is 0 Å². The molecule has 2 aliphatic heterocycles. The summed E-state index contributed by atoms with van der Waals surface area (Å²) in [6.45, 7) is 4.48. The summed E-state index contributed by atoms with van der Waals surface area (Å²) in [6.07, 6.45) is 6.78. The smallest absolute Gasteiger partial charge is 0.251 e. The Labute approximate surface area is 156 Å². The lowest BCUT2D eigenvalue weighted by molar-refractivity contribution is 0.0951. The molecule has 0 aliphatic carbocycles. The van der Waals surface area contributed by atoms with Gasteiger partial charge >= 0.3 is 0 Å². The molecule has 1 aromatic carbocycles. The van der Waals surface area contributed by atoms with Gasteiger partial charge in [-0.2, -0.15) is 0 Å². The molecule has 0 bridgehead atoms. The Hall–Kier alpha value is -1.60. The Morgan fingerprint density at radius 2 is 1.81 bits per heavy atom. The standard InChI is InChI=1S/C19H29N3O3S/c23-19(20-10-6-13-21-11-3-1-2-4-12-21)17-8-5-9-18(16-17)22-14-7-15-26(22,24)25/h5,8-9,16H,1-4,6-7,10-15H2,(H,20,23). The van der Waals surface area contributed by atoms with Crippen LogP contribution in [0.4, 0.5) is 5.69 Å². The van der Waals surface area contributed by atoms with Crippen LogP contribution in [-0.4, -0.2) is 57.7 Å². The van der Waals surface area contributed by atoms with Crippen molar-refractivity contribution in [3.05, 3.63) is 29.8 Å². The molecule has 1 N–H and O–H groups in total. The zero-order valence-electron chi connectivity index (χ0n) is 15.3. The first kappa shape index (κ1) is 19.2. The molecule has 26 heavy (non-hydrogen) atoms. The Bertz CT molecular complexity index is 712. The quantitative estimate of drug-likeness (QED) is 0.770. The van der Waals surface area contributed by atoms with Crippen LogP contribution in [0, 0.1) is 0 Å². The average molecular weight is 380 g/mol. The van der Waals surface area contributed by atoms with Gasteiger partial charge in [-0.05, 0) is 63.5 Å². The second-order valence-electron chi connectivity index (χ2n) is 7.16. The van der Waals surface area contributed by atoms with Gasteiger partial charge in [-0.1, -0.05) is 18.9 Å². The molecule has 0 atom stereocenters. The lowest BCUT2D eigenvalue weighted by atomic mass is 10.2. The van der Waals surface area contributed by atoms with Gasteiger partial charge in [0.15, 0.2) is 0 Å². The summed E-state index contributed by atoms with van der Waals surface area (Å²) >= 11 is 0. The van der Waals surface area contributed by atoms with Crippen LogP contribution in [0.5, 0.6) is 0 Å². The molecule has 7 heteroatoms. The Balaban J connectivity index is 1.49. The minimum atomic E-state index is -3.22. The zero-order valence-corrected chi connectivity index (χ0v) is 16.1. The molecule has 0 unspecified atom stereocenters. The normalized spacial score (nSPS) is 20.7. The third kappa shape index (κ3) is 4.98. The van der Waals surface area contributed by atoms with E-state index in [9.17, 15) is 13.2 Å². The first-order valence-electron chi connectivity index (χ1n) is 9.67. The van der Waals surface area contributed by atoms with Crippen molar-refractivity contribution in [2.24, 2.45) is 0 Å². The van der Waals surface area contributed by atoms with Crippen molar-refractivity contribution in [2.75, 3.05) is 42.8 Å². The molecule has 2 saturated heterocycles. The van der Waals surface area contributed by atoms with Gasteiger partial charge < -0.3 is 10.2 Å². The first-order chi connectivity index (χ1) is 12.6. The van der Waals surface area contributed by atoms with Crippen LogP contribution in [0.3, 0.4) is 0 Å². The maximum Gasteiger partial charge on any atom is 0.251 e. The number of likely N-dealkylation sites (tertiary alicyclic amines) is 1. The van der Waals surface area contributed by atoms with E-state index in [1.54, 1.807) is 24.3 Å². The largest absolute Gasteiger partial charge is 0.352 e. The summed E-state index contributed by atoms with van der Waals surface area (Å²) in [6, 6.07) is 6.90. The summed E-state index contributed by atoms with van der Waals surface area (Å²) in [5.74, 6) is 0.0410. The second kappa shape index (κ2) is 8.86. The van der Waals surface area contributed by atoms with Crippen molar-refractivity contribution in [3.8, 4) is 0 Å². The van der Waals surface area contributed by atoms with Crippen LogP contribution in [-0.2, 0) is 10.0 Å². The van der Waals surface area contributed by atoms with E-state index in [0.29, 0.717) is 30.8 Å². The number of benzene rings is 1. The lowest BCUT2D eigenvalue weighted by Crippen LogP contribution is -2.31. The van der Waals surface area contributed by atoms with Crippen LogP contribution in [0.1, 0.15) is 48.9 Å². The van der Waals surface area contributed by atoms with Crippen LogP contribution < -0.4 is 9.62 Å². The molecule has 2 fully saturated rings. The van der Waals surface area contributed by atoms with E-state index >= 15 is 0 Å². The van der Waals surface area contributed by atoms with Crippen molar-refractivity contribution >= 4 is 21.6 Å². The molecule has 3 rings (SSSR count). The Morgan fingerprint density at radius 1 is 1.04 bits per heavy atom. The number of hydrogen-bond donors (Lipinski definition) is 1. The van der Waals surface area contributed by atoms with E-state index in [-0.39, 0.29) is 11.7 Å². The van der Waals surface area contributed by atoms with Gasteiger partial charge in [0.2, 0.25) is 10.0 Å². The van der Waals surface area contributed by atoms with Crippen molar-refractivity contribution < 1.29 is 13.2 Å². The van der Waals surface area contributed by atoms with Gasteiger partial charge in [-0.15, -0.1) is 0 Å². The zero-order chi connectivity index (χ0) is 18.4. The fourth-order valence-electron chi connectivity index (χ4n) is 3.70. The van der Waals surface area contributed by atoms with Crippen molar-refractivity contribution in [2.45, 2.75) is 38.5 Å². The van der Waals surface area contributed by atoms with Crippen LogP contribution in [0.2, 0.25) is 0 Å². The van der Waals surface area contributed by atoms with E-state index < -0.39 is 10.0 Å². The number of amides is 1. The lowest BCUT2D eigenvalue weighted by Gasteiger charge is -2.19. The van der Waals surface area contributed by atoms with Gasteiger partial charge in [0.05, 0.1) is 11.4 Å². The molecule has 2 aliphatic rings. The highest BCUT2D eigenvalue weighted by atomic mass is 32.2. The first-order valence-corrected chi connectivity index (χ1v) is 11.3. The number of carbonyl (C=O) groups is 1. The molecule has 0 radical (unpaired) electrons. The van der Waals surface area contributed by atoms with Crippen molar-refractivity contribution in [3.63, 3.8) is 0 Å². The number of hydrogen-bond acceptors (Lipinski definition) is 4. The van der Waals surface area contributed by atoms with E-state index in [4.69, 9.17) is 0 Å². The van der Waals surface area contributed by atoms with E-state index in [1.165, 1.54) is 43.1 Å². The SMILES string of the molecule is O=C(NCCCN1CCCCCC1)c1cccc(N2CCCS2(=O)=O)c1. The van der Waals surface area contributed by atoms with Gasteiger partial charge in [0.25, 0.3) is 5.91 Å². The average Bonchev–Trinajstić information content (AvgIpc) is 2.83. The summed E-state index contributed by atoms with van der Waals surface area (Å²) in [5.41, 5.74) is 1.10. The second-order valence-corrected chi connectivity index (χ2v) is 9.17. The number of nitrogens with one attached hydrogen (secondary N) is 1. The number of anilines is 1. The monoisotopic (exact) mass is 379 g/mol. The fraction of sp³-hybridized carbons (Fsp3) is 0.632.